The van der Waals surface area contributed by atoms with Crippen molar-refractivity contribution >= 4 is 11.6 Å². The maximum absolute atomic E-state index is 8.50. The monoisotopic (exact) mass is 153 g/mol. The van der Waals surface area contributed by atoms with Crippen LogP contribution in [0.3, 0.4) is 0 Å². The molecule has 0 aliphatic heterocycles. The van der Waals surface area contributed by atoms with Crippen LogP contribution in [-0.4, -0.2) is 10.2 Å². The van der Waals surface area contributed by atoms with Gasteiger partial charge in [-0.1, -0.05) is 11.6 Å². The molecule has 0 radical (unpaired) electrons. The van der Waals surface area contributed by atoms with E-state index in [1.807, 2.05) is 6.07 Å². The molecule has 0 spiro atoms. The van der Waals surface area contributed by atoms with Gasteiger partial charge in [0.25, 0.3) is 0 Å². The Hall–Kier alpha value is -1.14. The van der Waals surface area contributed by atoms with Crippen molar-refractivity contribution in [2.24, 2.45) is 0 Å². The van der Waals surface area contributed by atoms with Gasteiger partial charge in [0.15, 0.2) is 5.15 Å². The van der Waals surface area contributed by atoms with Crippen LogP contribution < -0.4 is 0 Å². The summed E-state index contributed by atoms with van der Waals surface area (Å²) in [6.07, 6.45) is 1.50. The van der Waals surface area contributed by atoms with E-state index in [1.165, 1.54) is 6.20 Å². The molecule has 3 nitrogen and oxygen atoms in total. The normalized spacial score (nSPS) is 8.90. The van der Waals surface area contributed by atoms with Crippen molar-refractivity contribution in [1.29, 1.82) is 5.26 Å². The second-order valence-electron chi connectivity index (χ2n) is 1.81. The van der Waals surface area contributed by atoms with E-state index >= 15 is 0 Å². The van der Waals surface area contributed by atoms with Crippen molar-refractivity contribution in [2.75, 3.05) is 0 Å². The van der Waals surface area contributed by atoms with Crippen LogP contribution in [0.4, 0.5) is 0 Å². The number of aryl methyl sites for hydroxylation is 1. The Bertz CT molecular complexity index is 269. The Morgan fingerprint density at radius 2 is 2.40 bits per heavy atom. The van der Waals surface area contributed by atoms with Gasteiger partial charge in [-0.05, 0) is 12.5 Å². The quantitative estimate of drug-likeness (QED) is 0.565. The van der Waals surface area contributed by atoms with Crippen LogP contribution in [0.5, 0.6) is 0 Å². The summed E-state index contributed by atoms with van der Waals surface area (Å²) in [4.78, 5) is 0. The second kappa shape index (κ2) is 2.63. The lowest BCUT2D eigenvalue weighted by Gasteiger charge is -1.93. The summed E-state index contributed by atoms with van der Waals surface area (Å²) in [6, 6.07) is 1.93. The number of nitriles is 1. The SMILES string of the molecule is Cc1cnnc(Cl)c1C#N. The van der Waals surface area contributed by atoms with Crippen molar-refractivity contribution in [3.63, 3.8) is 0 Å². The number of nitrogens with zero attached hydrogens (tertiary/aromatic N) is 3. The fraction of sp³-hybridized carbons (Fsp3) is 0.167. The Balaban J connectivity index is 3.34. The maximum Gasteiger partial charge on any atom is 0.169 e. The smallest absolute Gasteiger partial charge is 0.169 e. The van der Waals surface area contributed by atoms with E-state index < -0.39 is 0 Å². The largest absolute Gasteiger partial charge is 0.192 e. The predicted octanol–water partition coefficient (Wildman–Crippen LogP) is 1.31. The first-order chi connectivity index (χ1) is 4.75. The lowest BCUT2D eigenvalue weighted by Crippen LogP contribution is -1.89. The zero-order valence-corrected chi connectivity index (χ0v) is 6.05. The molecule has 0 aromatic carbocycles. The first kappa shape index (κ1) is 6.97. The minimum Gasteiger partial charge on any atom is -0.192 e. The summed E-state index contributed by atoms with van der Waals surface area (Å²) in [5.41, 5.74) is 1.15. The van der Waals surface area contributed by atoms with Crippen molar-refractivity contribution in [3.8, 4) is 6.07 Å². The fourth-order valence-corrected chi connectivity index (χ4v) is 0.813. The average molecular weight is 154 g/mol. The Morgan fingerprint density at radius 1 is 1.70 bits per heavy atom. The molecule has 1 aromatic heterocycles. The molecule has 0 fully saturated rings. The molecular weight excluding hydrogens is 150 g/mol. The predicted molar refractivity (Wildman–Crippen MR) is 36.5 cm³/mol. The second-order valence-corrected chi connectivity index (χ2v) is 2.16. The van der Waals surface area contributed by atoms with Crippen LogP contribution in [0.1, 0.15) is 11.1 Å². The molecule has 0 N–H and O–H groups in total. The van der Waals surface area contributed by atoms with Crippen LogP contribution in [0.15, 0.2) is 6.20 Å². The van der Waals surface area contributed by atoms with E-state index in [1.54, 1.807) is 6.92 Å². The van der Waals surface area contributed by atoms with Gasteiger partial charge in [-0.3, -0.25) is 0 Å². The molecule has 0 unspecified atom stereocenters. The molecule has 0 aliphatic rings. The molecule has 4 heteroatoms. The Labute approximate surface area is 63.3 Å². The molecule has 1 aromatic rings. The highest BCUT2D eigenvalue weighted by Crippen LogP contribution is 2.12. The number of aromatic nitrogens is 2. The maximum atomic E-state index is 8.50. The van der Waals surface area contributed by atoms with E-state index in [9.17, 15) is 0 Å². The number of halogens is 1. The third-order valence-electron chi connectivity index (χ3n) is 1.11. The highest BCUT2D eigenvalue weighted by atomic mass is 35.5. The van der Waals surface area contributed by atoms with Gasteiger partial charge in [0.2, 0.25) is 0 Å². The fourth-order valence-electron chi connectivity index (χ4n) is 0.578. The molecule has 0 saturated carbocycles. The third kappa shape index (κ3) is 1.07. The lowest BCUT2D eigenvalue weighted by molar-refractivity contribution is 1.01. The number of rotatable bonds is 0. The van der Waals surface area contributed by atoms with E-state index in [-0.39, 0.29) is 5.15 Å². The van der Waals surface area contributed by atoms with Gasteiger partial charge in [0.1, 0.15) is 6.07 Å². The standard InChI is InChI=1S/C6H4ClN3/c1-4-3-9-10-6(7)5(4)2-8/h3H,1H3. The van der Waals surface area contributed by atoms with Gasteiger partial charge < -0.3 is 0 Å². The van der Waals surface area contributed by atoms with Crippen molar-refractivity contribution < 1.29 is 0 Å². The van der Waals surface area contributed by atoms with Crippen molar-refractivity contribution in [2.45, 2.75) is 6.92 Å². The van der Waals surface area contributed by atoms with E-state index in [2.05, 4.69) is 10.2 Å². The van der Waals surface area contributed by atoms with Gasteiger partial charge in [-0.2, -0.15) is 10.4 Å². The average Bonchev–Trinajstić information content (AvgIpc) is 1.88. The summed E-state index contributed by atoms with van der Waals surface area (Å²) >= 11 is 5.53. The molecular formula is C6H4ClN3. The summed E-state index contributed by atoms with van der Waals surface area (Å²) < 4.78 is 0. The van der Waals surface area contributed by atoms with Crippen LogP contribution in [-0.2, 0) is 0 Å². The highest BCUT2D eigenvalue weighted by molar-refractivity contribution is 6.30. The molecule has 10 heavy (non-hydrogen) atoms. The van der Waals surface area contributed by atoms with E-state index in [4.69, 9.17) is 16.9 Å². The Morgan fingerprint density at radius 3 is 2.80 bits per heavy atom. The molecule has 1 heterocycles. The first-order valence-corrected chi connectivity index (χ1v) is 3.01. The van der Waals surface area contributed by atoms with Crippen LogP contribution >= 0.6 is 11.6 Å². The first-order valence-electron chi connectivity index (χ1n) is 2.63. The van der Waals surface area contributed by atoms with Gasteiger partial charge in [0, 0.05) is 0 Å². The van der Waals surface area contributed by atoms with Gasteiger partial charge in [-0.25, -0.2) is 0 Å². The van der Waals surface area contributed by atoms with E-state index in [0.29, 0.717) is 5.56 Å². The summed E-state index contributed by atoms with van der Waals surface area (Å²) in [7, 11) is 0. The molecule has 0 amide bonds. The van der Waals surface area contributed by atoms with Crippen LogP contribution in [0.25, 0.3) is 0 Å². The van der Waals surface area contributed by atoms with Crippen LogP contribution in [0, 0.1) is 18.3 Å². The summed E-state index contributed by atoms with van der Waals surface area (Å²) in [5, 5.41) is 15.7. The zero-order valence-electron chi connectivity index (χ0n) is 5.30. The molecule has 0 aliphatic carbocycles. The lowest BCUT2D eigenvalue weighted by atomic mass is 10.2. The minimum absolute atomic E-state index is 0.169. The van der Waals surface area contributed by atoms with Gasteiger partial charge in [0.05, 0.1) is 11.8 Å². The Kier molecular flexibility index (Phi) is 1.83. The number of hydrogen-bond acceptors (Lipinski definition) is 3. The number of hydrogen-bond donors (Lipinski definition) is 0. The van der Waals surface area contributed by atoms with Crippen LogP contribution in [0.2, 0.25) is 5.15 Å². The van der Waals surface area contributed by atoms with Crippen molar-refractivity contribution in [3.05, 3.63) is 22.5 Å². The molecule has 1 rings (SSSR count). The minimum atomic E-state index is 0.169. The van der Waals surface area contributed by atoms with Gasteiger partial charge >= 0.3 is 0 Å². The third-order valence-corrected chi connectivity index (χ3v) is 1.37. The molecule has 50 valence electrons. The van der Waals surface area contributed by atoms with E-state index in [0.717, 1.165) is 5.56 Å². The summed E-state index contributed by atoms with van der Waals surface area (Å²) in [5.74, 6) is 0. The topological polar surface area (TPSA) is 49.6 Å². The highest BCUT2D eigenvalue weighted by Gasteiger charge is 2.02. The molecule has 0 saturated heterocycles. The zero-order chi connectivity index (χ0) is 7.56. The molecule has 0 bridgehead atoms. The molecule has 0 atom stereocenters. The van der Waals surface area contributed by atoms with Crippen molar-refractivity contribution in [1.82, 2.24) is 10.2 Å². The summed E-state index contributed by atoms with van der Waals surface area (Å²) in [6.45, 7) is 1.76. The van der Waals surface area contributed by atoms with Gasteiger partial charge in [-0.15, -0.1) is 5.10 Å².